The topological polar surface area (TPSA) is 32.9 Å². The summed E-state index contributed by atoms with van der Waals surface area (Å²) >= 11 is 0. The van der Waals surface area contributed by atoms with E-state index in [4.69, 9.17) is 4.42 Å². The molecule has 0 fully saturated rings. The van der Waals surface area contributed by atoms with Gasteiger partial charge in [0.25, 0.3) is 0 Å². The molecule has 25 aromatic rings. The zero-order chi connectivity index (χ0) is 86.6. The molecule has 0 amide bonds. The minimum atomic E-state index is -0.317. The minimum Gasteiger partial charge on any atom is -0.456 e. The second-order valence-corrected chi connectivity index (χ2v) is 37.0. The van der Waals surface area contributed by atoms with Crippen LogP contribution in [-0.4, -0.2) is 18.3 Å². The van der Waals surface area contributed by atoms with Gasteiger partial charge in [-0.3, -0.25) is 0 Å². The molecule has 20 aromatic carbocycles. The largest absolute Gasteiger partial charge is 0.456 e. The standard InChI is InChI=1S/C126H84N4O/c1-125(2)109-38-19-14-33-93(109)101-73-107-105-69-84(78-27-10-6-11-28-78)52-63-120(105)130(122(107)75-111(101)125)117-60-54-88(67-99(117)81-47-43-79(44-48-81)77-25-8-5-9-26-77)90-56-62-119-104(71-90)95-35-16-21-40-114(95)128(119)92-32-24-29-83(65-92)86-51-58-110-100(68-86)102-74-106-96-36-17-22-41-115(96)129(121(106)76-112(102)126(110,3)4)116-59-53-87(89-55-61-118-103(70-89)94-34-15-20-39-113(94)127(118)91-30-12-7-13-31-91)66-98(116)82-49-45-80(46-50-82)85-57-64-124-108(72-85)97-37-18-23-42-123(97)131-124/h5-76H,1-4H3. The average Bonchev–Trinajstić information content (AvgIpc) is 1.53. The summed E-state index contributed by atoms with van der Waals surface area (Å²) in [4.78, 5) is 0. The summed E-state index contributed by atoms with van der Waals surface area (Å²) in [5.74, 6) is 0. The van der Waals surface area contributed by atoms with E-state index >= 15 is 0 Å². The Kier molecular flexibility index (Phi) is 16.2. The molecule has 5 aromatic heterocycles. The summed E-state index contributed by atoms with van der Waals surface area (Å²) in [7, 11) is 0. The van der Waals surface area contributed by atoms with Crippen molar-refractivity contribution in [2.75, 3.05) is 0 Å². The van der Waals surface area contributed by atoms with E-state index in [0.29, 0.717) is 0 Å². The Morgan fingerprint density at radius 3 is 1.05 bits per heavy atom. The molecule has 5 nitrogen and oxygen atoms in total. The predicted octanol–water partition coefficient (Wildman–Crippen LogP) is 33.9. The second-order valence-electron chi connectivity index (χ2n) is 37.0. The van der Waals surface area contributed by atoms with E-state index in [1.165, 1.54) is 143 Å². The van der Waals surface area contributed by atoms with Crippen LogP contribution in [-0.2, 0) is 10.8 Å². The first-order valence-corrected chi connectivity index (χ1v) is 45.7. The van der Waals surface area contributed by atoms with E-state index in [2.05, 4.69) is 477 Å². The minimum absolute atomic E-state index is 0.192. The molecule has 0 bridgehead atoms. The highest BCUT2D eigenvalue weighted by Crippen LogP contribution is 2.56. The molecule has 0 N–H and O–H groups in total. The summed E-state index contributed by atoms with van der Waals surface area (Å²) in [5.41, 5.74) is 44.4. The van der Waals surface area contributed by atoms with Crippen LogP contribution in [0.15, 0.2) is 441 Å². The van der Waals surface area contributed by atoms with Crippen LogP contribution in [0.4, 0.5) is 0 Å². The fourth-order valence-electron chi connectivity index (χ4n) is 22.7. The highest BCUT2D eigenvalue weighted by molar-refractivity contribution is 6.17. The number of hydrogen-bond acceptors (Lipinski definition) is 1. The van der Waals surface area contributed by atoms with Crippen molar-refractivity contribution in [3.8, 4) is 134 Å². The molecule has 27 rings (SSSR count). The van der Waals surface area contributed by atoms with Crippen molar-refractivity contribution in [2.24, 2.45) is 0 Å². The van der Waals surface area contributed by atoms with Gasteiger partial charge in [0.2, 0.25) is 0 Å². The maximum Gasteiger partial charge on any atom is 0.135 e. The van der Waals surface area contributed by atoms with Crippen molar-refractivity contribution in [1.82, 2.24) is 18.3 Å². The third kappa shape index (κ3) is 11.4. The fourth-order valence-corrected chi connectivity index (χ4v) is 22.7. The van der Waals surface area contributed by atoms with E-state index in [1.807, 2.05) is 6.07 Å². The molecule has 2 aliphatic rings. The SMILES string of the molecule is CC1(C)c2ccc(-c3cccc(-n4c5ccccc5c5cc(-c6ccc(-n7c8ccc(-c9ccccc9)cc8c8cc9c(cc87)C(C)(C)c7ccccc7-9)c(-c7ccc(-c8ccccc8)cc7)c6)ccc54)c3)cc2-c2cc3c4ccccc4n(-c4ccc(-c5ccc6c(c5)c5ccccc5n6-c5ccccc5)cc4-c4ccc(-c5ccc6oc7ccccc7c6c5)cc4)c3cc21. The van der Waals surface area contributed by atoms with Crippen molar-refractivity contribution in [1.29, 1.82) is 0 Å². The highest BCUT2D eigenvalue weighted by Gasteiger charge is 2.39. The third-order valence-electron chi connectivity index (χ3n) is 29.2. The smallest absolute Gasteiger partial charge is 0.135 e. The molecule has 0 spiro atoms. The summed E-state index contributed by atoms with van der Waals surface area (Å²) in [6.07, 6.45) is 0. The van der Waals surface area contributed by atoms with Crippen molar-refractivity contribution in [2.45, 2.75) is 38.5 Å². The molecule has 0 saturated carbocycles. The number of fused-ring (bicyclic) bond motifs is 21. The molecule has 0 atom stereocenters. The molecule has 0 unspecified atom stereocenters. The van der Waals surface area contributed by atoms with E-state index in [9.17, 15) is 0 Å². The van der Waals surface area contributed by atoms with Crippen LogP contribution >= 0.6 is 0 Å². The number of nitrogens with zero attached hydrogens (tertiary/aromatic N) is 4. The molecule has 5 heteroatoms. The first-order chi connectivity index (χ1) is 64.4. The fraction of sp³-hybridized carbons (Fsp3) is 0.0476. The number of aromatic nitrogens is 4. The van der Waals surface area contributed by atoms with Crippen LogP contribution in [0.25, 0.3) is 243 Å². The summed E-state index contributed by atoms with van der Waals surface area (Å²) in [6, 6.07) is 164. The monoisotopic (exact) mass is 1670 g/mol. The van der Waals surface area contributed by atoms with Gasteiger partial charge in [-0.25, -0.2) is 0 Å². The normalized spacial score (nSPS) is 13.2. The Balaban J connectivity index is 0.566. The molecule has 5 heterocycles. The summed E-state index contributed by atoms with van der Waals surface area (Å²) in [6.45, 7) is 9.63. The lowest BCUT2D eigenvalue weighted by molar-refractivity contribution is 0.661. The van der Waals surface area contributed by atoms with Crippen molar-refractivity contribution in [3.63, 3.8) is 0 Å². The van der Waals surface area contributed by atoms with Gasteiger partial charge in [0, 0.05) is 87.2 Å². The Morgan fingerprint density at radius 1 is 0.160 bits per heavy atom. The lowest BCUT2D eigenvalue weighted by Crippen LogP contribution is -2.15. The van der Waals surface area contributed by atoms with Crippen molar-refractivity contribution >= 4 is 109 Å². The first-order valence-electron chi connectivity index (χ1n) is 45.7. The molecule has 0 saturated heterocycles. The van der Waals surface area contributed by atoms with Gasteiger partial charge in [-0.15, -0.1) is 0 Å². The molecular formula is C126H84N4O. The maximum atomic E-state index is 6.31. The highest BCUT2D eigenvalue weighted by atomic mass is 16.3. The van der Waals surface area contributed by atoms with Crippen LogP contribution in [0.3, 0.4) is 0 Å². The van der Waals surface area contributed by atoms with Gasteiger partial charge < -0.3 is 22.7 Å². The molecule has 614 valence electrons. The zero-order valence-electron chi connectivity index (χ0n) is 72.8. The molecule has 0 radical (unpaired) electrons. The number of furan rings is 1. The summed E-state index contributed by atoms with van der Waals surface area (Å²) in [5, 5.41) is 12.0. The van der Waals surface area contributed by atoms with Crippen LogP contribution in [0, 0.1) is 0 Å². The van der Waals surface area contributed by atoms with Crippen LogP contribution in [0.2, 0.25) is 0 Å². The third-order valence-corrected chi connectivity index (χ3v) is 29.2. The van der Waals surface area contributed by atoms with E-state index in [0.717, 1.165) is 122 Å². The summed E-state index contributed by atoms with van der Waals surface area (Å²) < 4.78 is 16.3. The quantitative estimate of drug-likeness (QED) is 0.120. The lowest BCUT2D eigenvalue weighted by atomic mass is 9.82. The Morgan fingerprint density at radius 2 is 0.481 bits per heavy atom. The predicted molar refractivity (Wildman–Crippen MR) is 550 cm³/mol. The first kappa shape index (κ1) is 74.6. The Hall–Kier alpha value is -16.6. The molecule has 2 aliphatic carbocycles. The van der Waals surface area contributed by atoms with E-state index in [1.54, 1.807) is 0 Å². The van der Waals surface area contributed by atoms with Crippen LogP contribution < -0.4 is 0 Å². The molecule has 131 heavy (non-hydrogen) atoms. The van der Waals surface area contributed by atoms with Crippen LogP contribution in [0.5, 0.6) is 0 Å². The zero-order valence-corrected chi connectivity index (χ0v) is 72.8. The van der Waals surface area contributed by atoms with Crippen molar-refractivity contribution in [3.05, 3.63) is 459 Å². The average molecular weight is 1670 g/mol. The van der Waals surface area contributed by atoms with E-state index < -0.39 is 0 Å². The Labute approximate surface area is 758 Å². The number of hydrogen-bond donors (Lipinski definition) is 0. The lowest BCUT2D eigenvalue weighted by Gasteiger charge is -2.22. The van der Waals surface area contributed by atoms with Gasteiger partial charge in [-0.2, -0.15) is 0 Å². The van der Waals surface area contributed by atoms with Crippen LogP contribution in [0.1, 0.15) is 49.9 Å². The number of benzene rings is 20. The van der Waals surface area contributed by atoms with Gasteiger partial charge in [0.05, 0.1) is 55.5 Å². The van der Waals surface area contributed by atoms with Gasteiger partial charge in [0.1, 0.15) is 11.2 Å². The molecular weight excluding hydrogens is 1590 g/mol. The van der Waals surface area contributed by atoms with Crippen molar-refractivity contribution < 1.29 is 4.42 Å². The van der Waals surface area contributed by atoms with E-state index in [-0.39, 0.29) is 10.8 Å². The second kappa shape index (κ2) is 28.5. The van der Waals surface area contributed by atoms with Gasteiger partial charge in [-0.05, 0) is 274 Å². The maximum absolute atomic E-state index is 6.31. The number of para-hydroxylation sites is 5. The molecule has 0 aliphatic heterocycles. The van der Waals surface area contributed by atoms with Gasteiger partial charge >= 0.3 is 0 Å². The van der Waals surface area contributed by atoms with Gasteiger partial charge in [-0.1, -0.05) is 313 Å². The number of rotatable bonds is 12. The van der Waals surface area contributed by atoms with Gasteiger partial charge in [0.15, 0.2) is 0 Å². The Bertz CT molecular complexity index is 9120.